The fourth-order valence-corrected chi connectivity index (χ4v) is 3.40. The zero-order chi connectivity index (χ0) is 18.4. The molecule has 0 spiro atoms. The highest BCUT2D eigenvalue weighted by atomic mass is 32.1. The van der Waals surface area contributed by atoms with Crippen LogP contribution in [0.15, 0.2) is 53.1 Å². The summed E-state index contributed by atoms with van der Waals surface area (Å²) in [5.41, 5.74) is 3.23. The van der Waals surface area contributed by atoms with E-state index in [1.54, 1.807) is 18.4 Å². The van der Waals surface area contributed by atoms with Crippen molar-refractivity contribution in [3.63, 3.8) is 0 Å². The Labute approximate surface area is 158 Å². The van der Waals surface area contributed by atoms with Gasteiger partial charge in [-0.2, -0.15) is 5.10 Å². The molecule has 136 valence electrons. The molecule has 1 aromatic carbocycles. The summed E-state index contributed by atoms with van der Waals surface area (Å²) in [6.07, 6.45) is 4.92. The van der Waals surface area contributed by atoms with Crippen LogP contribution in [0, 0.1) is 0 Å². The van der Waals surface area contributed by atoms with Crippen LogP contribution >= 0.6 is 11.3 Å². The predicted molar refractivity (Wildman–Crippen MR) is 107 cm³/mol. The van der Waals surface area contributed by atoms with Gasteiger partial charge >= 0.3 is 0 Å². The highest BCUT2D eigenvalue weighted by Gasteiger charge is 2.09. The number of nitrogens with one attached hydrogen (secondary N) is 1. The Balaban J connectivity index is 1.59. The van der Waals surface area contributed by atoms with Gasteiger partial charge in [0.1, 0.15) is 0 Å². The van der Waals surface area contributed by atoms with Gasteiger partial charge in [-0.1, -0.05) is 25.1 Å². The molecule has 0 aliphatic rings. The third kappa shape index (κ3) is 4.49. The van der Waals surface area contributed by atoms with Crippen molar-refractivity contribution in [2.45, 2.75) is 26.4 Å². The van der Waals surface area contributed by atoms with Crippen molar-refractivity contribution in [2.75, 3.05) is 14.1 Å². The molecule has 3 rings (SSSR count). The molecule has 1 N–H and O–H groups in total. The van der Waals surface area contributed by atoms with Crippen molar-refractivity contribution in [2.24, 2.45) is 4.99 Å². The molecule has 0 atom stereocenters. The molecule has 0 aliphatic carbocycles. The van der Waals surface area contributed by atoms with Gasteiger partial charge in [0.2, 0.25) is 0 Å². The molecule has 0 unspecified atom stereocenters. The molecule has 0 fully saturated rings. The number of guanidine groups is 1. The summed E-state index contributed by atoms with van der Waals surface area (Å²) in [6.45, 7) is 3.53. The fraction of sp³-hybridized carbons (Fsp3) is 0.316. The second-order valence-electron chi connectivity index (χ2n) is 5.97. The van der Waals surface area contributed by atoms with Gasteiger partial charge in [0.25, 0.3) is 0 Å². The predicted octanol–water partition coefficient (Wildman–Crippen LogP) is 3.10. The highest BCUT2D eigenvalue weighted by Crippen LogP contribution is 2.11. The fourth-order valence-electron chi connectivity index (χ4n) is 2.66. The van der Waals surface area contributed by atoms with Gasteiger partial charge < -0.3 is 10.2 Å². The summed E-state index contributed by atoms with van der Waals surface area (Å²) in [5, 5.41) is 11.1. The molecule has 6 nitrogen and oxygen atoms in total. The van der Waals surface area contributed by atoms with Gasteiger partial charge in [-0.3, -0.25) is 4.99 Å². The third-order valence-corrected chi connectivity index (χ3v) is 5.02. The van der Waals surface area contributed by atoms with Crippen LogP contribution in [0.4, 0.5) is 0 Å². The number of aromatic nitrogens is 3. The van der Waals surface area contributed by atoms with Crippen molar-refractivity contribution in [1.29, 1.82) is 0 Å². The van der Waals surface area contributed by atoms with Crippen LogP contribution in [0.25, 0.3) is 5.69 Å². The second-order valence-corrected chi connectivity index (χ2v) is 6.91. The van der Waals surface area contributed by atoms with Crippen LogP contribution in [0.3, 0.4) is 0 Å². The first-order chi connectivity index (χ1) is 12.7. The topological polar surface area (TPSA) is 58.3 Å². The Morgan fingerprint density at radius 1 is 1.31 bits per heavy atom. The van der Waals surface area contributed by atoms with Gasteiger partial charge in [-0.05, 0) is 18.6 Å². The molecule has 3 aromatic rings. The molecule has 2 aromatic heterocycles. The van der Waals surface area contributed by atoms with Crippen molar-refractivity contribution in [1.82, 2.24) is 25.0 Å². The molecule has 0 saturated heterocycles. The monoisotopic (exact) mass is 368 g/mol. The van der Waals surface area contributed by atoms with E-state index in [4.69, 9.17) is 0 Å². The van der Waals surface area contributed by atoms with Crippen molar-refractivity contribution < 1.29 is 0 Å². The normalized spacial score (nSPS) is 11.6. The van der Waals surface area contributed by atoms with Crippen LogP contribution in [0.5, 0.6) is 0 Å². The Morgan fingerprint density at radius 2 is 2.12 bits per heavy atom. The van der Waals surface area contributed by atoms with E-state index >= 15 is 0 Å². The smallest absolute Gasteiger partial charge is 0.194 e. The van der Waals surface area contributed by atoms with E-state index in [0.29, 0.717) is 6.54 Å². The zero-order valence-corrected chi connectivity index (χ0v) is 16.2. The minimum atomic E-state index is 0.677. The SMILES string of the molecule is CCc1nc(CNC(=NC)N(C)Cc2cnn(-c3ccccc3)c2)cs1. The number of hydrogen-bond donors (Lipinski definition) is 1. The minimum absolute atomic E-state index is 0.677. The van der Waals surface area contributed by atoms with Crippen LogP contribution in [-0.4, -0.2) is 39.7 Å². The van der Waals surface area contributed by atoms with Crippen LogP contribution in [0.2, 0.25) is 0 Å². The van der Waals surface area contributed by atoms with Crippen molar-refractivity contribution in [3.05, 3.63) is 64.4 Å². The van der Waals surface area contributed by atoms with E-state index < -0.39 is 0 Å². The molecule has 26 heavy (non-hydrogen) atoms. The summed E-state index contributed by atoms with van der Waals surface area (Å²) >= 11 is 1.70. The van der Waals surface area contributed by atoms with Gasteiger partial charge in [0, 0.05) is 37.8 Å². The molecule has 0 aliphatic heterocycles. The first-order valence-corrected chi connectivity index (χ1v) is 9.51. The molecular weight excluding hydrogens is 344 g/mol. The molecule has 0 bridgehead atoms. The summed E-state index contributed by atoms with van der Waals surface area (Å²) in [4.78, 5) is 11.0. The Bertz CT molecular complexity index is 852. The molecule has 7 heteroatoms. The van der Waals surface area contributed by atoms with Gasteiger partial charge in [0.15, 0.2) is 5.96 Å². The van der Waals surface area contributed by atoms with Crippen LogP contribution in [-0.2, 0) is 19.5 Å². The van der Waals surface area contributed by atoms with Gasteiger partial charge in [-0.15, -0.1) is 11.3 Å². The Morgan fingerprint density at radius 3 is 2.81 bits per heavy atom. The lowest BCUT2D eigenvalue weighted by atomic mass is 10.3. The maximum atomic E-state index is 4.58. The molecule has 0 saturated carbocycles. The first-order valence-electron chi connectivity index (χ1n) is 8.63. The van der Waals surface area contributed by atoms with Crippen molar-refractivity contribution in [3.8, 4) is 5.69 Å². The summed E-state index contributed by atoms with van der Waals surface area (Å²) in [6, 6.07) is 10.1. The summed E-state index contributed by atoms with van der Waals surface area (Å²) < 4.78 is 1.89. The molecular formula is C19H24N6S. The van der Waals surface area contributed by atoms with Crippen LogP contribution in [0.1, 0.15) is 23.2 Å². The lowest BCUT2D eigenvalue weighted by Crippen LogP contribution is -2.38. The van der Waals surface area contributed by atoms with E-state index in [1.807, 2.05) is 54.5 Å². The number of benzene rings is 1. The first kappa shape index (κ1) is 18.1. The third-order valence-electron chi connectivity index (χ3n) is 3.98. The lowest BCUT2D eigenvalue weighted by Gasteiger charge is -2.21. The number of hydrogen-bond acceptors (Lipinski definition) is 4. The average Bonchev–Trinajstić information content (AvgIpc) is 3.32. The Kier molecular flexibility index (Phi) is 6.01. The number of nitrogens with zero attached hydrogens (tertiary/aromatic N) is 5. The largest absolute Gasteiger partial charge is 0.351 e. The number of para-hydroxylation sites is 1. The number of aryl methyl sites for hydroxylation is 1. The minimum Gasteiger partial charge on any atom is -0.351 e. The van der Waals surface area contributed by atoms with E-state index in [1.165, 1.54) is 5.01 Å². The summed E-state index contributed by atoms with van der Waals surface area (Å²) in [7, 11) is 3.82. The van der Waals surface area contributed by atoms with Crippen molar-refractivity contribution >= 4 is 17.3 Å². The quantitative estimate of drug-likeness (QED) is 0.537. The second kappa shape index (κ2) is 8.62. The molecule has 0 amide bonds. The molecule has 2 heterocycles. The maximum Gasteiger partial charge on any atom is 0.194 e. The number of aliphatic imine (C=N–C) groups is 1. The summed E-state index contributed by atoms with van der Waals surface area (Å²) in [5.74, 6) is 0.837. The lowest BCUT2D eigenvalue weighted by molar-refractivity contribution is 0.476. The van der Waals surface area contributed by atoms with E-state index in [2.05, 4.69) is 37.6 Å². The van der Waals surface area contributed by atoms with Gasteiger partial charge in [-0.25, -0.2) is 9.67 Å². The van der Waals surface area contributed by atoms with E-state index in [0.717, 1.165) is 35.9 Å². The Hall–Kier alpha value is -2.67. The van der Waals surface area contributed by atoms with E-state index in [9.17, 15) is 0 Å². The average molecular weight is 369 g/mol. The standard InChI is InChI=1S/C19H24N6S/c1-4-18-23-16(14-26-18)11-21-19(20-2)24(3)12-15-10-22-25(13-15)17-8-6-5-7-9-17/h5-10,13-14H,4,11-12H2,1-3H3,(H,20,21). The van der Waals surface area contributed by atoms with Crippen LogP contribution < -0.4 is 5.32 Å². The zero-order valence-electron chi connectivity index (χ0n) is 15.4. The number of thiazole rings is 1. The molecule has 0 radical (unpaired) electrons. The van der Waals surface area contributed by atoms with Gasteiger partial charge in [0.05, 0.1) is 29.1 Å². The maximum absolute atomic E-state index is 4.58. The highest BCUT2D eigenvalue weighted by molar-refractivity contribution is 7.09. The van der Waals surface area contributed by atoms with E-state index in [-0.39, 0.29) is 0 Å². The number of rotatable bonds is 6.